The number of rotatable bonds is 5. The van der Waals surface area contributed by atoms with Gasteiger partial charge in [-0.15, -0.1) is 17.5 Å². The van der Waals surface area contributed by atoms with Crippen molar-refractivity contribution >= 4 is 21.8 Å². The molecule has 0 spiro atoms. The van der Waals surface area contributed by atoms with Gasteiger partial charge in [0.2, 0.25) is 5.88 Å². The molecular weight excluding hydrogens is 832 g/mol. The van der Waals surface area contributed by atoms with Gasteiger partial charge in [-0.2, -0.15) is 32.4 Å². The van der Waals surface area contributed by atoms with Gasteiger partial charge in [0.15, 0.2) is 0 Å². The topological polar surface area (TPSA) is 186 Å². The van der Waals surface area contributed by atoms with Crippen LogP contribution in [0.3, 0.4) is 0 Å². The summed E-state index contributed by atoms with van der Waals surface area (Å²) in [5.41, 5.74) is 2.06. The molecule has 0 saturated heterocycles. The van der Waals surface area contributed by atoms with Crippen LogP contribution in [-0.4, -0.2) is 19.6 Å². The first-order chi connectivity index (χ1) is 24.7. The van der Waals surface area contributed by atoms with Crippen molar-refractivity contribution in [3.63, 3.8) is 0 Å². The van der Waals surface area contributed by atoms with Gasteiger partial charge in [0.05, 0.1) is 39.2 Å². The molecule has 248 valence electrons. The maximum atomic E-state index is 9.94. The number of aromatic nitrogens is 5. The Morgan fingerprint density at radius 3 is 2.08 bits per heavy atom. The van der Waals surface area contributed by atoms with E-state index in [9.17, 15) is 26.3 Å². The van der Waals surface area contributed by atoms with Gasteiger partial charge in [-0.05, 0) is 46.7 Å². The van der Waals surface area contributed by atoms with E-state index in [0.29, 0.717) is 11.4 Å². The molecule has 0 amide bonds. The molecule has 11 nitrogen and oxygen atoms in total. The van der Waals surface area contributed by atoms with E-state index in [-0.39, 0.29) is 77.1 Å². The normalized spacial score (nSPS) is 10.7. The molecule has 7 rings (SSSR count). The number of hydrogen-bond acceptors (Lipinski definition) is 9. The summed E-state index contributed by atoms with van der Waals surface area (Å²) in [4.78, 5) is 9.35. The van der Waals surface area contributed by atoms with Gasteiger partial charge in [-0.3, -0.25) is 0 Å². The van der Waals surface area contributed by atoms with E-state index >= 15 is 0 Å². The number of fused-ring (bicyclic) bond motifs is 3. The molecule has 4 aromatic heterocycles. The molecule has 0 radical (unpaired) electrons. The van der Waals surface area contributed by atoms with E-state index in [1.54, 1.807) is 24.3 Å². The van der Waals surface area contributed by atoms with Crippen LogP contribution in [-0.2, 0) is 26.5 Å². The second-order valence-electron chi connectivity index (χ2n) is 12.5. The van der Waals surface area contributed by atoms with Gasteiger partial charge in [0, 0.05) is 29.1 Å². The van der Waals surface area contributed by atoms with Crippen molar-refractivity contribution < 1.29 is 25.8 Å². The van der Waals surface area contributed by atoms with Crippen LogP contribution < -0.4 is 9.84 Å². The van der Waals surface area contributed by atoms with Crippen LogP contribution in [0.5, 0.6) is 11.6 Å². The van der Waals surface area contributed by atoms with Crippen LogP contribution in [0, 0.1) is 62.7 Å². The van der Waals surface area contributed by atoms with Gasteiger partial charge in [0.25, 0.3) is 0 Å². The zero-order valence-electron chi connectivity index (χ0n) is 27.7. The third kappa shape index (κ3) is 5.81. The van der Waals surface area contributed by atoms with Gasteiger partial charge in [-0.1, -0.05) is 56.2 Å². The Morgan fingerprint density at radius 2 is 1.40 bits per heavy atom. The summed E-state index contributed by atoms with van der Waals surface area (Å²) in [6.45, 7) is 6.48. The summed E-state index contributed by atoms with van der Waals surface area (Å²) < 4.78 is 8.30. The molecule has 0 fully saturated rings. The molecule has 0 bridgehead atoms. The summed E-state index contributed by atoms with van der Waals surface area (Å²) in [5, 5.41) is 59.4. The van der Waals surface area contributed by atoms with Crippen molar-refractivity contribution in [2.75, 3.05) is 0 Å². The molecule has 12 heteroatoms. The Hall–Kier alpha value is -7.09. The molecule has 52 heavy (non-hydrogen) atoms. The minimum atomic E-state index is -0.340. The molecule has 3 aromatic carbocycles. The third-order valence-corrected chi connectivity index (χ3v) is 8.45. The standard InChI is InChI=1S/C40H22N10O.Pt/c1-40(2,3)23-13-14-46-37(15-23)50-35-9-5-4-7-25(35)26-12-11-24(16-36(26)50)51-38-10-6-8-32(47-38)33-17-34(49-48-33)39-30(21-44)28(19-42)27(18-41)29(20-43)31(39)22-45;/h4-15,17H,1-3H3;/q-2;+2. The van der Waals surface area contributed by atoms with E-state index in [2.05, 4.69) is 64.8 Å². The van der Waals surface area contributed by atoms with Gasteiger partial charge >= 0.3 is 21.1 Å². The van der Waals surface area contributed by atoms with Crippen molar-refractivity contribution in [1.82, 2.24) is 24.7 Å². The number of para-hydroxylation sites is 1. The second kappa shape index (κ2) is 13.7. The summed E-state index contributed by atoms with van der Waals surface area (Å²) in [7, 11) is 0. The summed E-state index contributed by atoms with van der Waals surface area (Å²) >= 11 is 0. The quantitative estimate of drug-likeness (QED) is 0.157. The third-order valence-electron chi connectivity index (χ3n) is 8.45. The van der Waals surface area contributed by atoms with E-state index in [0.717, 1.165) is 33.2 Å². The van der Waals surface area contributed by atoms with Gasteiger partial charge in [0.1, 0.15) is 36.2 Å². The maximum Gasteiger partial charge on any atom is 2.00 e. The Morgan fingerprint density at radius 1 is 0.731 bits per heavy atom. The number of hydrogen-bond donors (Lipinski definition) is 0. The smallest absolute Gasteiger partial charge is 0.573 e. The van der Waals surface area contributed by atoms with Gasteiger partial charge < -0.3 is 19.5 Å². The van der Waals surface area contributed by atoms with Crippen LogP contribution in [0.1, 0.15) is 54.2 Å². The molecule has 0 N–H and O–H groups in total. The van der Waals surface area contributed by atoms with Crippen LogP contribution >= 0.6 is 0 Å². The predicted molar refractivity (Wildman–Crippen MR) is 186 cm³/mol. The van der Waals surface area contributed by atoms with Crippen molar-refractivity contribution in [1.29, 1.82) is 26.3 Å². The molecular formula is C40H22N10OPt. The Bertz CT molecular complexity index is 2740. The monoisotopic (exact) mass is 853 g/mol. The summed E-state index contributed by atoms with van der Waals surface area (Å²) in [6.07, 6.45) is 1.82. The molecule has 4 heterocycles. The molecule has 0 aliphatic heterocycles. The number of ether oxygens (including phenoxy) is 1. The summed E-state index contributed by atoms with van der Waals surface area (Å²) in [5.74, 6) is 1.42. The first-order valence-corrected chi connectivity index (χ1v) is 15.5. The second-order valence-corrected chi connectivity index (χ2v) is 12.5. The predicted octanol–water partition coefficient (Wildman–Crippen LogP) is 7.51. The fourth-order valence-electron chi connectivity index (χ4n) is 6.01. The fraction of sp³-hybridized carbons (Fsp3) is 0.100. The largest absolute Gasteiger partial charge is 2.00 e. The van der Waals surface area contributed by atoms with E-state index < -0.39 is 0 Å². The van der Waals surface area contributed by atoms with Crippen LogP contribution in [0.15, 0.2) is 79.0 Å². The van der Waals surface area contributed by atoms with Crippen LogP contribution in [0.2, 0.25) is 0 Å². The Kier molecular flexibility index (Phi) is 9.14. The minimum Gasteiger partial charge on any atom is -0.573 e. The van der Waals surface area contributed by atoms with Crippen molar-refractivity contribution in [2.24, 2.45) is 0 Å². The number of pyridine rings is 2. The SMILES string of the molecule is CC(C)(C)c1ccnc(-n2c3[c-]c(Oc4cccc(-c5cc(-c6c(C#N)c(C#N)c(C#N)c(C#N)c6C#N)n[n-]5)n4)ccc3c3ccccc32)c1.[Pt+2]. The first-order valence-electron chi connectivity index (χ1n) is 15.5. The minimum absolute atomic E-state index is 0. The van der Waals surface area contributed by atoms with E-state index in [1.165, 1.54) is 6.07 Å². The van der Waals surface area contributed by atoms with E-state index in [1.807, 2.05) is 60.8 Å². The van der Waals surface area contributed by atoms with Crippen LogP contribution in [0.4, 0.5) is 0 Å². The number of nitriles is 5. The Labute approximate surface area is 312 Å². The average molecular weight is 854 g/mol. The number of nitrogens with zero attached hydrogens (tertiary/aromatic N) is 10. The molecule has 0 saturated carbocycles. The number of benzene rings is 3. The zero-order valence-corrected chi connectivity index (χ0v) is 30.0. The fourth-order valence-corrected chi connectivity index (χ4v) is 6.01. The summed E-state index contributed by atoms with van der Waals surface area (Å²) in [6, 6.07) is 35.3. The van der Waals surface area contributed by atoms with Crippen LogP contribution in [0.25, 0.3) is 50.3 Å². The molecule has 0 aliphatic carbocycles. The molecule has 0 aliphatic rings. The molecule has 0 unspecified atom stereocenters. The zero-order chi connectivity index (χ0) is 35.9. The van der Waals surface area contributed by atoms with E-state index in [4.69, 9.17) is 9.72 Å². The van der Waals surface area contributed by atoms with Gasteiger partial charge in [-0.25, -0.2) is 9.97 Å². The van der Waals surface area contributed by atoms with Crippen molar-refractivity contribution in [3.8, 4) is 70.4 Å². The van der Waals surface area contributed by atoms with Crippen molar-refractivity contribution in [2.45, 2.75) is 26.2 Å². The maximum absolute atomic E-state index is 9.94. The molecule has 0 atom stereocenters. The average Bonchev–Trinajstić information content (AvgIpc) is 3.76. The Balaban J connectivity index is 0.00000464. The molecule has 7 aromatic rings. The first kappa shape index (κ1) is 34.8. The van der Waals surface area contributed by atoms with Crippen molar-refractivity contribution in [3.05, 3.63) is 118 Å².